The van der Waals surface area contributed by atoms with E-state index in [4.69, 9.17) is 5.26 Å². The van der Waals surface area contributed by atoms with Gasteiger partial charge in [0.1, 0.15) is 16.9 Å². The fourth-order valence-electron chi connectivity index (χ4n) is 1.31. The van der Waals surface area contributed by atoms with E-state index in [1.54, 1.807) is 17.5 Å². The van der Waals surface area contributed by atoms with Crippen molar-refractivity contribution in [2.24, 2.45) is 0 Å². The van der Waals surface area contributed by atoms with Crippen molar-refractivity contribution in [3.05, 3.63) is 52.7 Å². The number of thiophene rings is 1. The number of hydrogen-bond donors (Lipinski definition) is 1. The first-order valence-corrected chi connectivity index (χ1v) is 5.64. The number of anilines is 1. The molecule has 2 aromatic rings. The first-order chi connectivity index (χ1) is 8.22. The smallest absolute Gasteiger partial charge is 0.259 e. The quantitative estimate of drug-likeness (QED) is 0.885. The molecular weight excluding hydrogens is 239 g/mol. The molecule has 5 heteroatoms. The minimum atomic E-state index is -0.583. The van der Waals surface area contributed by atoms with Gasteiger partial charge < -0.3 is 5.32 Å². The monoisotopic (exact) mass is 246 g/mol. The largest absolute Gasteiger partial charge is 0.312 e. The zero-order chi connectivity index (χ0) is 12.3. The van der Waals surface area contributed by atoms with Crippen LogP contribution in [0.2, 0.25) is 0 Å². The molecule has 0 atom stereocenters. The summed E-state index contributed by atoms with van der Waals surface area (Å²) in [5.74, 6) is -1.14. The van der Waals surface area contributed by atoms with Crippen LogP contribution in [0.4, 0.5) is 9.39 Å². The summed E-state index contributed by atoms with van der Waals surface area (Å²) in [6.45, 7) is 0. The van der Waals surface area contributed by atoms with E-state index in [9.17, 15) is 9.18 Å². The van der Waals surface area contributed by atoms with Crippen molar-refractivity contribution in [1.29, 1.82) is 5.26 Å². The van der Waals surface area contributed by atoms with Crippen molar-refractivity contribution in [2.45, 2.75) is 0 Å². The Balaban J connectivity index is 2.24. The average molecular weight is 246 g/mol. The van der Waals surface area contributed by atoms with E-state index in [1.165, 1.54) is 29.5 Å². The third-order valence-electron chi connectivity index (χ3n) is 2.13. The zero-order valence-corrected chi connectivity index (χ0v) is 9.42. The van der Waals surface area contributed by atoms with Gasteiger partial charge in [-0.05, 0) is 23.6 Å². The summed E-state index contributed by atoms with van der Waals surface area (Å²) in [5, 5.41) is 13.4. The molecule has 0 radical (unpaired) electrons. The number of rotatable bonds is 2. The lowest BCUT2D eigenvalue weighted by molar-refractivity contribution is 0.102. The third-order valence-corrected chi connectivity index (χ3v) is 2.96. The Morgan fingerprint density at radius 1 is 1.35 bits per heavy atom. The number of amides is 1. The molecule has 17 heavy (non-hydrogen) atoms. The Labute approximate surface area is 101 Å². The van der Waals surface area contributed by atoms with Crippen LogP contribution in [0, 0.1) is 17.1 Å². The number of halogens is 1. The van der Waals surface area contributed by atoms with Crippen molar-refractivity contribution in [1.82, 2.24) is 0 Å². The van der Waals surface area contributed by atoms with Crippen molar-refractivity contribution in [2.75, 3.05) is 5.32 Å². The standard InChI is InChI=1S/C12H7FN2OS/c13-10-4-2-1-3-9(10)11(16)15-12-8(7-14)5-6-17-12/h1-6H,(H,15,16). The van der Waals surface area contributed by atoms with Gasteiger partial charge in [-0.25, -0.2) is 4.39 Å². The minimum Gasteiger partial charge on any atom is -0.312 e. The van der Waals surface area contributed by atoms with Gasteiger partial charge in [0.05, 0.1) is 11.1 Å². The molecule has 1 aromatic heterocycles. The van der Waals surface area contributed by atoms with Gasteiger partial charge in [-0.3, -0.25) is 4.79 Å². The average Bonchev–Trinajstić information content (AvgIpc) is 2.76. The Kier molecular flexibility index (Phi) is 3.17. The van der Waals surface area contributed by atoms with Gasteiger partial charge in [0.15, 0.2) is 0 Å². The topological polar surface area (TPSA) is 52.9 Å². The van der Waals surface area contributed by atoms with Crippen molar-refractivity contribution in [3.63, 3.8) is 0 Å². The maximum atomic E-state index is 13.3. The van der Waals surface area contributed by atoms with Crippen LogP contribution in [0.15, 0.2) is 35.7 Å². The van der Waals surface area contributed by atoms with Crippen LogP contribution >= 0.6 is 11.3 Å². The second-order valence-corrected chi connectivity index (χ2v) is 4.13. The summed E-state index contributed by atoms with van der Waals surface area (Å²) in [4.78, 5) is 11.7. The van der Waals surface area contributed by atoms with Crippen molar-refractivity contribution >= 4 is 22.2 Å². The van der Waals surface area contributed by atoms with Crippen LogP contribution in [0.25, 0.3) is 0 Å². The van der Waals surface area contributed by atoms with E-state index in [0.29, 0.717) is 10.6 Å². The van der Waals surface area contributed by atoms with Crippen LogP contribution in [-0.4, -0.2) is 5.91 Å². The first-order valence-electron chi connectivity index (χ1n) is 4.76. The van der Waals surface area contributed by atoms with Gasteiger partial charge in [0.25, 0.3) is 5.91 Å². The minimum absolute atomic E-state index is 0.0372. The molecule has 0 aliphatic carbocycles. The molecule has 0 fully saturated rings. The molecule has 1 amide bonds. The molecule has 0 saturated carbocycles. The summed E-state index contributed by atoms with van der Waals surface area (Å²) in [5.41, 5.74) is 0.337. The first kappa shape index (κ1) is 11.3. The molecule has 0 aliphatic rings. The molecule has 3 nitrogen and oxygen atoms in total. The van der Waals surface area contributed by atoms with Crippen molar-refractivity contribution in [3.8, 4) is 6.07 Å². The number of nitrogens with zero attached hydrogens (tertiary/aromatic N) is 1. The summed E-state index contributed by atoms with van der Waals surface area (Å²) < 4.78 is 13.3. The molecule has 0 aliphatic heterocycles. The third kappa shape index (κ3) is 2.32. The normalized spacial score (nSPS) is 9.65. The molecule has 1 aromatic carbocycles. The van der Waals surface area contributed by atoms with E-state index >= 15 is 0 Å². The number of hydrogen-bond acceptors (Lipinski definition) is 3. The molecular formula is C12H7FN2OS. The highest BCUT2D eigenvalue weighted by molar-refractivity contribution is 7.14. The van der Waals surface area contributed by atoms with E-state index < -0.39 is 11.7 Å². The Bertz CT molecular complexity index is 601. The zero-order valence-electron chi connectivity index (χ0n) is 8.61. The summed E-state index contributed by atoms with van der Waals surface area (Å²) in [6.07, 6.45) is 0. The van der Waals surface area contributed by atoms with Gasteiger partial charge in [0, 0.05) is 0 Å². The van der Waals surface area contributed by atoms with Crippen LogP contribution in [0.3, 0.4) is 0 Å². The van der Waals surface area contributed by atoms with Crippen LogP contribution in [-0.2, 0) is 0 Å². The maximum absolute atomic E-state index is 13.3. The number of nitriles is 1. The van der Waals surface area contributed by atoms with Gasteiger partial charge in [-0.2, -0.15) is 5.26 Å². The summed E-state index contributed by atoms with van der Waals surface area (Å²) in [6, 6.07) is 9.25. The van der Waals surface area contributed by atoms with Gasteiger partial charge in [-0.15, -0.1) is 11.3 Å². The highest BCUT2D eigenvalue weighted by Gasteiger charge is 2.13. The maximum Gasteiger partial charge on any atom is 0.259 e. The number of carbonyl (C=O) groups is 1. The molecule has 1 heterocycles. The van der Waals surface area contributed by atoms with Gasteiger partial charge >= 0.3 is 0 Å². The lowest BCUT2D eigenvalue weighted by Gasteiger charge is -2.03. The highest BCUT2D eigenvalue weighted by Crippen LogP contribution is 2.23. The van der Waals surface area contributed by atoms with E-state index in [1.807, 2.05) is 6.07 Å². The lowest BCUT2D eigenvalue weighted by Crippen LogP contribution is -2.13. The fourth-order valence-corrected chi connectivity index (χ4v) is 2.04. The molecule has 0 bridgehead atoms. The van der Waals surface area contributed by atoms with E-state index in [2.05, 4.69) is 5.32 Å². The highest BCUT2D eigenvalue weighted by atomic mass is 32.1. The predicted molar refractivity (Wildman–Crippen MR) is 63.4 cm³/mol. The molecule has 0 saturated heterocycles. The molecule has 0 spiro atoms. The van der Waals surface area contributed by atoms with E-state index in [-0.39, 0.29) is 5.56 Å². The predicted octanol–water partition coefficient (Wildman–Crippen LogP) is 3.01. The van der Waals surface area contributed by atoms with Crippen LogP contribution < -0.4 is 5.32 Å². The fraction of sp³-hybridized carbons (Fsp3) is 0. The summed E-state index contributed by atoms with van der Waals surface area (Å²) in [7, 11) is 0. The number of nitrogens with one attached hydrogen (secondary N) is 1. The number of carbonyl (C=O) groups excluding carboxylic acids is 1. The number of benzene rings is 1. The van der Waals surface area contributed by atoms with E-state index in [0.717, 1.165) is 0 Å². The molecule has 2 rings (SSSR count). The van der Waals surface area contributed by atoms with Crippen molar-refractivity contribution < 1.29 is 9.18 Å². The summed E-state index contributed by atoms with van der Waals surface area (Å²) >= 11 is 1.23. The second-order valence-electron chi connectivity index (χ2n) is 3.21. The molecule has 0 unspecified atom stereocenters. The Hall–Kier alpha value is -2.19. The van der Waals surface area contributed by atoms with Gasteiger partial charge in [-0.1, -0.05) is 12.1 Å². The van der Waals surface area contributed by atoms with Crippen LogP contribution in [0.1, 0.15) is 15.9 Å². The SMILES string of the molecule is N#Cc1ccsc1NC(=O)c1ccccc1F. The molecule has 84 valence electrons. The molecule has 1 N–H and O–H groups in total. The Morgan fingerprint density at radius 3 is 2.82 bits per heavy atom. The van der Waals surface area contributed by atoms with Crippen LogP contribution in [0.5, 0.6) is 0 Å². The Morgan fingerprint density at radius 2 is 2.12 bits per heavy atom. The second kappa shape index (κ2) is 4.76. The van der Waals surface area contributed by atoms with Gasteiger partial charge in [0.2, 0.25) is 0 Å². The lowest BCUT2D eigenvalue weighted by atomic mass is 10.2.